The molecule has 0 fully saturated rings. The zero-order chi connectivity index (χ0) is 11.8. The Balaban J connectivity index is 2.18. The van der Waals surface area contributed by atoms with Crippen molar-refractivity contribution in [2.75, 3.05) is 6.54 Å². The fourth-order valence-electron chi connectivity index (χ4n) is 2.96. The predicted molar refractivity (Wildman–Crippen MR) is 72.4 cm³/mol. The first-order chi connectivity index (χ1) is 7.56. The fourth-order valence-corrected chi connectivity index (χ4v) is 4.30. The molecule has 0 saturated carbocycles. The summed E-state index contributed by atoms with van der Waals surface area (Å²) in [6, 6.07) is 0. The van der Waals surface area contributed by atoms with E-state index in [0.717, 1.165) is 19.0 Å². The third-order valence-corrected chi connectivity index (χ3v) is 4.99. The first-order valence-electron chi connectivity index (χ1n) is 6.37. The second-order valence-corrected chi connectivity index (χ2v) is 6.55. The smallest absolute Gasteiger partial charge is 0.0216 e. The molecule has 1 N–H and O–H groups in total. The van der Waals surface area contributed by atoms with Gasteiger partial charge in [-0.1, -0.05) is 27.7 Å². The second-order valence-electron chi connectivity index (χ2n) is 5.67. The SMILES string of the molecule is CCCNCc1csc2c1C(C)CC2(C)C. The molecule has 1 heterocycles. The van der Waals surface area contributed by atoms with Crippen molar-refractivity contribution in [1.29, 1.82) is 0 Å². The molecule has 90 valence electrons. The summed E-state index contributed by atoms with van der Waals surface area (Å²) in [5.74, 6) is 0.745. The number of nitrogens with one attached hydrogen (secondary N) is 1. The number of hydrogen-bond acceptors (Lipinski definition) is 2. The molecule has 0 radical (unpaired) electrons. The average Bonchev–Trinajstić information content (AvgIpc) is 2.70. The lowest BCUT2D eigenvalue weighted by Crippen LogP contribution is -2.14. The van der Waals surface area contributed by atoms with Gasteiger partial charge in [0.2, 0.25) is 0 Å². The first-order valence-corrected chi connectivity index (χ1v) is 7.25. The highest BCUT2D eigenvalue weighted by atomic mass is 32.1. The molecule has 2 rings (SSSR count). The van der Waals surface area contributed by atoms with Crippen molar-refractivity contribution >= 4 is 11.3 Å². The summed E-state index contributed by atoms with van der Waals surface area (Å²) < 4.78 is 0. The van der Waals surface area contributed by atoms with Crippen molar-refractivity contribution in [1.82, 2.24) is 5.32 Å². The molecular weight excluding hydrogens is 214 g/mol. The molecule has 1 unspecified atom stereocenters. The van der Waals surface area contributed by atoms with Gasteiger partial charge in [0.15, 0.2) is 0 Å². The van der Waals surface area contributed by atoms with Crippen LogP contribution in [0.5, 0.6) is 0 Å². The molecule has 2 heteroatoms. The Labute approximate surface area is 103 Å². The van der Waals surface area contributed by atoms with Crippen LogP contribution in [0.1, 0.15) is 62.5 Å². The van der Waals surface area contributed by atoms with Crippen molar-refractivity contribution in [2.24, 2.45) is 0 Å². The van der Waals surface area contributed by atoms with Gasteiger partial charge in [-0.25, -0.2) is 0 Å². The van der Waals surface area contributed by atoms with E-state index in [0.29, 0.717) is 5.41 Å². The van der Waals surface area contributed by atoms with E-state index in [1.165, 1.54) is 12.8 Å². The Morgan fingerprint density at radius 1 is 1.50 bits per heavy atom. The summed E-state index contributed by atoms with van der Waals surface area (Å²) in [5, 5.41) is 5.89. The third kappa shape index (κ3) is 2.05. The van der Waals surface area contributed by atoms with Gasteiger partial charge in [-0.2, -0.15) is 0 Å². The molecule has 0 bridgehead atoms. The topological polar surface area (TPSA) is 12.0 Å². The molecule has 1 nitrogen and oxygen atoms in total. The maximum absolute atomic E-state index is 3.52. The van der Waals surface area contributed by atoms with Crippen LogP contribution in [0.25, 0.3) is 0 Å². The normalized spacial score (nSPS) is 22.4. The van der Waals surface area contributed by atoms with Gasteiger partial charge in [-0.05, 0) is 47.2 Å². The van der Waals surface area contributed by atoms with Crippen LogP contribution in [0.4, 0.5) is 0 Å². The van der Waals surface area contributed by atoms with E-state index in [4.69, 9.17) is 0 Å². The van der Waals surface area contributed by atoms with E-state index >= 15 is 0 Å². The summed E-state index contributed by atoms with van der Waals surface area (Å²) in [5.41, 5.74) is 3.60. The lowest BCUT2D eigenvalue weighted by molar-refractivity contribution is 0.494. The lowest BCUT2D eigenvalue weighted by atomic mass is 9.91. The number of fused-ring (bicyclic) bond motifs is 1. The van der Waals surface area contributed by atoms with E-state index in [1.807, 2.05) is 11.3 Å². The summed E-state index contributed by atoms with van der Waals surface area (Å²) in [7, 11) is 0. The Hall–Kier alpha value is -0.340. The van der Waals surface area contributed by atoms with E-state index in [1.54, 1.807) is 16.0 Å². The van der Waals surface area contributed by atoms with Crippen LogP contribution in [-0.4, -0.2) is 6.54 Å². The third-order valence-electron chi connectivity index (χ3n) is 3.58. The zero-order valence-corrected chi connectivity index (χ0v) is 11.7. The molecule has 1 aromatic rings. The van der Waals surface area contributed by atoms with Crippen molar-refractivity contribution in [3.63, 3.8) is 0 Å². The van der Waals surface area contributed by atoms with Crippen LogP contribution in [0.3, 0.4) is 0 Å². The molecule has 1 aliphatic rings. The first kappa shape index (κ1) is 12.1. The highest BCUT2D eigenvalue weighted by molar-refractivity contribution is 7.10. The highest BCUT2D eigenvalue weighted by Gasteiger charge is 2.37. The van der Waals surface area contributed by atoms with Crippen LogP contribution in [0, 0.1) is 0 Å². The Bertz CT molecular complexity index is 365. The molecule has 0 aliphatic heterocycles. The largest absolute Gasteiger partial charge is 0.313 e. The molecule has 0 amide bonds. The quantitative estimate of drug-likeness (QED) is 0.780. The van der Waals surface area contributed by atoms with Crippen molar-refractivity contribution in [3.05, 3.63) is 21.4 Å². The minimum absolute atomic E-state index is 0.405. The number of rotatable bonds is 4. The molecule has 0 spiro atoms. The van der Waals surface area contributed by atoms with Gasteiger partial charge in [0.25, 0.3) is 0 Å². The number of hydrogen-bond donors (Lipinski definition) is 1. The van der Waals surface area contributed by atoms with Crippen LogP contribution in [0.15, 0.2) is 5.38 Å². The number of thiophene rings is 1. The van der Waals surface area contributed by atoms with Gasteiger partial charge in [-0.15, -0.1) is 11.3 Å². The van der Waals surface area contributed by atoms with Crippen molar-refractivity contribution < 1.29 is 0 Å². The fraction of sp³-hybridized carbons (Fsp3) is 0.714. The zero-order valence-electron chi connectivity index (χ0n) is 10.9. The monoisotopic (exact) mass is 237 g/mol. The summed E-state index contributed by atoms with van der Waals surface area (Å²) in [6.45, 7) is 11.5. The second kappa shape index (κ2) is 4.50. The lowest BCUT2D eigenvalue weighted by Gasteiger charge is -2.16. The maximum Gasteiger partial charge on any atom is 0.0216 e. The van der Waals surface area contributed by atoms with E-state index < -0.39 is 0 Å². The minimum Gasteiger partial charge on any atom is -0.313 e. The van der Waals surface area contributed by atoms with Gasteiger partial charge in [0, 0.05) is 11.4 Å². The van der Waals surface area contributed by atoms with Crippen LogP contribution in [0.2, 0.25) is 0 Å². The molecule has 1 aliphatic carbocycles. The van der Waals surface area contributed by atoms with Crippen LogP contribution in [-0.2, 0) is 12.0 Å². The van der Waals surface area contributed by atoms with Crippen molar-refractivity contribution in [3.8, 4) is 0 Å². The van der Waals surface area contributed by atoms with Gasteiger partial charge in [0.1, 0.15) is 0 Å². The predicted octanol–water partition coefficient (Wildman–Crippen LogP) is 4.03. The molecule has 0 saturated heterocycles. The van der Waals surface area contributed by atoms with Gasteiger partial charge < -0.3 is 5.32 Å². The average molecular weight is 237 g/mol. The van der Waals surface area contributed by atoms with E-state index in [2.05, 4.69) is 38.4 Å². The minimum atomic E-state index is 0.405. The Morgan fingerprint density at radius 3 is 2.94 bits per heavy atom. The van der Waals surface area contributed by atoms with Gasteiger partial charge >= 0.3 is 0 Å². The maximum atomic E-state index is 3.52. The van der Waals surface area contributed by atoms with E-state index in [-0.39, 0.29) is 0 Å². The molecular formula is C14H23NS. The molecule has 1 aromatic heterocycles. The molecule has 1 atom stereocenters. The van der Waals surface area contributed by atoms with Gasteiger partial charge in [-0.3, -0.25) is 0 Å². The summed E-state index contributed by atoms with van der Waals surface area (Å²) >= 11 is 1.97. The Morgan fingerprint density at radius 2 is 2.25 bits per heavy atom. The molecule has 0 aromatic carbocycles. The van der Waals surface area contributed by atoms with Crippen LogP contribution < -0.4 is 5.32 Å². The Kier molecular flexibility index (Phi) is 3.41. The van der Waals surface area contributed by atoms with Crippen LogP contribution >= 0.6 is 11.3 Å². The highest BCUT2D eigenvalue weighted by Crippen LogP contribution is 2.50. The molecule has 16 heavy (non-hydrogen) atoms. The van der Waals surface area contributed by atoms with Crippen molar-refractivity contribution in [2.45, 2.75) is 58.4 Å². The van der Waals surface area contributed by atoms with E-state index in [9.17, 15) is 0 Å². The van der Waals surface area contributed by atoms with Gasteiger partial charge in [0.05, 0.1) is 0 Å². The summed E-state index contributed by atoms with van der Waals surface area (Å²) in [6.07, 6.45) is 2.53. The summed E-state index contributed by atoms with van der Waals surface area (Å²) in [4.78, 5) is 1.63. The standard InChI is InChI=1S/C14H23NS/c1-5-6-15-8-11-9-16-13-12(11)10(2)7-14(13,3)4/h9-10,15H,5-8H2,1-4H3.